The molecule has 0 unspecified atom stereocenters. The number of methoxy groups -OCH3 is 1. The van der Waals surface area contributed by atoms with Crippen molar-refractivity contribution in [2.75, 3.05) is 20.2 Å². The first-order chi connectivity index (χ1) is 9.21. The van der Waals surface area contributed by atoms with Crippen LogP contribution in [-0.4, -0.2) is 36.6 Å². The van der Waals surface area contributed by atoms with Crippen molar-refractivity contribution in [3.8, 4) is 0 Å². The molecule has 0 heterocycles. The van der Waals surface area contributed by atoms with E-state index in [9.17, 15) is 13.6 Å². The fourth-order valence-electron chi connectivity index (χ4n) is 1.89. The standard InChI is InChI=1S/C14H20F2N2O2/c1-14(2,17)9-18(8-13(19)20-3)7-10-4-5-11(15)12(16)6-10/h4-6H,7-9,17H2,1-3H3. The second-order valence-electron chi connectivity index (χ2n) is 5.46. The van der Waals surface area contributed by atoms with E-state index in [0.29, 0.717) is 12.1 Å². The van der Waals surface area contributed by atoms with Gasteiger partial charge in [0.05, 0.1) is 13.7 Å². The number of nitrogens with zero attached hydrogens (tertiary/aromatic N) is 1. The summed E-state index contributed by atoms with van der Waals surface area (Å²) < 4.78 is 30.7. The zero-order chi connectivity index (χ0) is 15.3. The Labute approximate surface area is 117 Å². The predicted octanol–water partition coefficient (Wildman–Crippen LogP) is 1.68. The maximum Gasteiger partial charge on any atom is 0.319 e. The van der Waals surface area contributed by atoms with Crippen LogP contribution in [0.4, 0.5) is 8.78 Å². The van der Waals surface area contributed by atoms with Crippen LogP contribution in [0, 0.1) is 11.6 Å². The Morgan fingerprint density at radius 1 is 1.35 bits per heavy atom. The van der Waals surface area contributed by atoms with E-state index in [2.05, 4.69) is 4.74 Å². The quantitative estimate of drug-likeness (QED) is 0.808. The van der Waals surface area contributed by atoms with Crippen LogP contribution >= 0.6 is 0 Å². The number of esters is 1. The summed E-state index contributed by atoms with van der Waals surface area (Å²) in [4.78, 5) is 13.1. The number of ether oxygens (including phenoxy) is 1. The smallest absolute Gasteiger partial charge is 0.319 e. The summed E-state index contributed by atoms with van der Waals surface area (Å²) in [5, 5.41) is 0. The lowest BCUT2D eigenvalue weighted by atomic mass is 10.1. The first kappa shape index (κ1) is 16.5. The maximum atomic E-state index is 13.2. The Kier molecular flexibility index (Phi) is 5.59. The molecule has 0 spiro atoms. The van der Waals surface area contributed by atoms with Crippen molar-refractivity contribution in [1.29, 1.82) is 0 Å². The highest BCUT2D eigenvalue weighted by Crippen LogP contribution is 2.12. The van der Waals surface area contributed by atoms with Crippen LogP contribution in [0.3, 0.4) is 0 Å². The van der Waals surface area contributed by atoms with Crippen molar-refractivity contribution in [2.24, 2.45) is 5.73 Å². The van der Waals surface area contributed by atoms with Crippen LogP contribution in [-0.2, 0) is 16.1 Å². The molecule has 0 atom stereocenters. The lowest BCUT2D eigenvalue weighted by molar-refractivity contribution is -0.142. The average Bonchev–Trinajstić information content (AvgIpc) is 2.31. The van der Waals surface area contributed by atoms with E-state index in [1.165, 1.54) is 13.2 Å². The monoisotopic (exact) mass is 286 g/mol. The van der Waals surface area contributed by atoms with E-state index in [4.69, 9.17) is 5.73 Å². The predicted molar refractivity (Wildman–Crippen MR) is 71.9 cm³/mol. The molecule has 6 heteroatoms. The van der Waals surface area contributed by atoms with Crippen LogP contribution in [0.2, 0.25) is 0 Å². The van der Waals surface area contributed by atoms with E-state index in [1.807, 2.05) is 13.8 Å². The first-order valence-electron chi connectivity index (χ1n) is 6.23. The lowest BCUT2D eigenvalue weighted by Gasteiger charge is -2.29. The van der Waals surface area contributed by atoms with Gasteiger partial charge in [0.25, 0.3) is 0 Å². The van der Waals surface area contributed by atoms with Crippen LogP contribution in [0.25, 0.3) is 0 Å². The van der Waals surface area contributed by atoms with Gasteiger partial charge in [-0.05, 0) is 31.5 Å². The number of rotatable bonds is 6. The largest absolute Gasteiger partial charge is 0.468 e. The SMILES string of the molecule is COC(=O)CN(Cc1ccc(F)c(F)c1)CC(C)(C)N. The Hall–Kier alpha value is -1.53. The molecule has 2 N–H and O–H groups in total. The minimum absolute atomic E-state index is 0.0378. The molecule has 1 aromatic carbocycles. The minimum atomic E-state index is -0.910. The number of carbonyl (C=O) groups is 1. The van der Waals surface area contributed by atoms with E-state index >= 15 is 0 Å². The van der Waals surface area contributed by atoms with Gasteiger partial charge in [-0.15, -0.1) is 0 Å². The molecule has 0 aromatic heterocycles. The highest BCUT2D eigenvalue weighted by Gasteiger charge is 2.20. The van der Waals surface area contributed by atoms with Gasteiger partial charge in [0.1, 0.15) is 0 Å². The zero-order valence-corrected chi connectivity index (χ0v) is 12.0. The van der Waals surface area contributed by atoms with Gasteiger partial charge in [0.2, 0.25) is 0 Å². The fraction of sp³-hybridized carbons (Fsp3) is 0.500. The molecule has 0 aliphatic heterocycles. The minimum Gasteiger partial charge on any atom is -0.468 e. The van der Waals surface area contributed by atoms with Crippen molar-refractivity contribution in [3.05, 3.63) is 35.4 Å². The zero-order valence-electron chi connectivity index (χ0n) is 12.0. The third-order valence-electron chi connectivity index (χ3n) is 2.60. The average molecular weight is 286 g/mol. The van der Waals surface area contributed by atoms with Crippen molar-refractivity contribution in [2.45, 2.75) is 25.9 Å². The normalized spacial score (nSPS) is 11.8. The first-order valence-corrected chi connectivity index (χ1v) is 6.23. The maximum absolute atomic E-state index is 13.2. The number of nitrogens with two attached hydrogens (primary N) is 1. The molecule has 1 aromatic rings. The summed E-state index contributed by atoms with van der Waals surface area (Å²) in [6.07, 6.45) is 0. The summed E-state index contributed by atoms with van der Waals surface area (Å²) >= 11 is 0. The van der Waals surface area contributed by atoms with Crippen molar-refractivity contribution < 1.29 is 18.3 Å². The van der Waals surface area contributed by atoms with Crippen LogP contribution < -0.4 is 5.73 Å². The molecule has 20 heavy (non-hydrogen) atoms. The molecular formula is C14H20F2N2O2. The molecular weight excluding hydrogens is 266 g/mol. The molecule has 0 saturated carbocycles. The second-order valence-corrected chi connectivity index (χ2v) is 5.46. The van der Waals surface area contributed by atoms with Crippen molar-refractivity contribution in [3.63, 3.8) is 0 Å². The number of halogens is 2. The third-order valence-corrected chi connectivity index (χ3v) is 2.60. The summed E-state index contributed by atoms with van der Waals surface area (Å²) in [6, 6.07) is 3.66. The molecule has 0 saturated heterocycles. The van der Waals surface area contributed by atoms with Crippen LogP contribution in [0.15, 0.2) is 18.2 Å². The van der Waals surface area contributed by atoms with Crippen LogP contribution in [0.5, 0.6) is 0 Å². The summed E-state index contributed by atoms with van der Waals surface area (Å²) in [7, 11) is 1.30. The van der Waals surface area contributed by atoms with E-state index in [0.717, 1.165) is 12.1 Å². The molecule has 4 nitrogen and oxygen atoms in total. The molecule has 0 aliphatic carbocycles. The summed E-state index contributed by atoms with van der Waals surface area (Å²) in [5.74, 6) is -2.21. The van der Waals surface area contributed by atoms with Gasteiger partial charge in [-0.3, -0.25) is 9.69 Å². The van der Waals surface area contributed by atoms with Gasteiger partial charge < -0.3 is 10.5 Å². The fourth-order valence-corrected chi connectivity index (χ4v) is 1.89. The molecule has 0 radical (unpaired) electrons. The molecule has 0 amide bonds. The van der Waals surface area contributed by atoms with Crippen LogP contribution in [0.1, 0.15) is 19.4 Å². The van der Waals surface area contributed by atoms with Gasteiger partial charge in [-0.2, -0.15) is 0 Å². The van der Waals surface area contributed by atoms with E-state index in [1.54, 1.807) is 4.90 Å². The molecule has 112 valence electrons. The third kappa shape index (κ3) is 5.63. The van der Waals surface area contributed by atoms with E-state index < -0.39 is 23.1 Å². The summed E-state index contributed by atoms with van der Waals surface area (Å²) in [5.41, 5.74) is 5.98. The number of hydrogen-bond acceptors (Lipinski definition) is 4. The Bertz CT molecular complexity index is 473. The molecule has 0 fully saturated rings. The van der Waals surface area contributed by atoms with Crippen molar-refractivity contribution in [1.82, 2.24) is 4.90 Å². The van der Waals surface area contributed by atoms with Gasteiger partial charge in [0.15, 0.2) is 11.6 Å². The lowest BCUT2D eigenvalue weighted by Crippen LogP contribution is -2.46. The Morgan fingerprint density at radius 3 is 2.50 bits per heavy atom. The molecule has 0 aliphatic rings. The van der Waals surface area contributed by atoms with Gasteiger partial charge in [-0.25, -0.2) is 8.78 Å². The number of hydrogen-bond donors (Lipinski definition) is 1. The Morgan fingerprint density at radius 2 is 2.00 bits per heavy atom. The molecule has 1 rings (SSSR count). The van der Waals surface area contributed by atoms with Crippen molar-refractivity contribution >= 4 is 5.97 Å². The number of benzene rings is 1. The Balaban J connectivity index is 2.82. The highest BCUT2D eigenvalue weighted by molar-refractivity contribution is 5.71. The topological polar surface area (TPSA) is 55.6 Å². The summed E-state index contributed by atoms with van der Waals surface area (Å²) in [6.45, 7) is 4.38. The van der Waals surface area contributed by atoms with Gasteiger partial charge in [0, 0.05) is 18.6 Å². The second kappa shape index (κ2) is 6.76. The van der Waals surface area contributed by atoms with Gasteiger partial charge >= 0.3 is 5.97 Å². The highest BCUT2D eigenvalue weighted by atomic mass is 19.2. The van der Waals surface area contributed by atoms with Gasteiger partial charge in [-0.1, -0.05) is 6.07 Å². The molecule has 0 bridgehead atoms. The van der Waals surface area contributed by atoms with E-state index in [-0.39, 0.29) is 13.1 Å². The number of carbonyl (C=O) groups excluding carboxylic acids is 1.